The summed E-state index contributed by atoms with van der Waals surface area (Å²) in [5.74, 6) is 1.83. The number of nitrogens with zero attached hydrogens (tertiary/aromatic N) is 2. The molecule has 0 saturated carbocycles. The van der Waals surface area contributed by atoms with Crippen LogP contribution >= 0.6 is 11.8 Å². The third kappa shape index (κ3) is 2.99. The summed E-state index contributed by atoms with van der Waals surface area (Å²) in [7, 11) is 0. The van der Waals surface area contributed by atoms with Crippen molar-refractivity contribution in [1.29, 1.82) is 0 Å². The Hall–Kier alpha value is -1.01. The van der Waals surface area contributed by atoms with Gasteiger partial charge in [-0.25, -0.2) is 4.98 Å². The first-order chi connectivity index (χ1) is 7.75. The lowest BCUT2D eigenvalue weighted by atomic mass is 10.2. The number of thioether (sulfide) groups is 1. The van der Waals surface area contributed by atoms with E-state index in [1.807, 2.05) is 17.7 Å². The Bertz CT molecular complexity index is 335. The van der Waals surface area contributed by atoms with Crippen LogP contribution < -0.4 is 10.6 Å². The standard InChI is InChI=1S/C10H16N4OS/c1-8(4-14-3-2-11-6-14)13-10(15)9-5-16-7-12-9/h2-3,6,8-9,12H,4-5,7H2,1H3,(H,13,15). The van der Waals surface area contributed by atoms with Crippen molar-refractivity contribution in [3.8, 4) is 0 Å². The Kier molecular flexibility index (Phi) is 3.84. The first-order valence-electron chi connectivity index (χ1n) is 5.33. The summed E-state index contributed by atoms with van der Waals surface area (Å²) < 4.78 is 1.96. The van der Waals surface area contributed by atoms with Crippen LogP contribution in [0.2, 0.25) is 0 Å². The number of carbonyl (C=O) groups is 1. The molecule has 88 valence electrons. The number of hydrogen-bond donors (Lipinski definition) is 2. The second kappa shape index (κ2) is 5.36. The molecule has 0 aromatic carbocycles. The van der Waals surface area contributed by atoms with Gasteiger partial charge in [-0.1, -0.05) is 0 Å². The van der Waals surface area contributed by atoms with Crippen molar-refractivity contribution >= 4 is 17.7 Å². The Morgan fingerprint density at radius 2 is 2.69 bits per heavy atom. The van der Waals surface area contributed by atoms with Gasteiger partial charge < -0.3 is 9.88 Å². The van der Waals surface area contributed by atoms with E-state index in [0.29, 0.717) is 0 Å². The van der Waals surface area contributed by atoms with Crippen LogP contribution in [0.1, 0.15) is 6.92 Å². The van der Waals surface area contributed by atoms with E-state index in [0.717, 1.165) is 18.2 Å². The van der Waals surface area contributed by atoms with Crippen molar-refractivity contribution in [3.63, 3.8) is 0 Å². The fourth-order valence-electron chi connectivity index (χ4n) is 1.66. The van der Waals surface area contributed by atoms with Gasteiger partial charge in [0.2, 0.25) is 5.91 Å². The monoisotopic (exact) mass is 240 g/mol. The highest BCUT2D eigenvalue weighted by atomic mass is 32.2. The largest absolute Gasteiger partial charge is 0.350 e. The maximum absolute atomic E-state index is 11.8. The molecule has 1 aliphatic heterocycles. The average Bonchev–Trinajstić information content (AvgIpc) is 2.88. The summed E-state index contributed by atoms with van der Waals surface area (Å²) in [5.41, 5.74) is 0. The van der Waals surface area contributed by atoms with E-state index in [1.54, 1.807) is 24.3 Å². The normalized spacial score (nSPS) is 21.9. The summed E-state index contributed by atoms with van der Waals surface area (Å²) in [6.07, 6.45) is 5.39. The molecular weight excluding hydrogens is 224 g/mol. The second-order valence-electron chi connectivity index (χ2n) is 3.94. The van der Waals surface area contributed by atoms with Crippen LogP contribution in [-0.4, -0.2) is 39.2 Å². The van der Waals surface area contributed by atoms with Crippen molar-refractivity contribution in [2.75, 3.05) is 11.6 Å². The maximum Gasteiger partial charge on any atom is 0.238 e. The topological polar surface area (TPSA) is 59.0 Å². The highest BCUT2D eigenvalue weighted by Gasteiger charge is 2.23. The van der Waals surface area contributed by atoms with Crippen molar-refractivity contribution in [1.82, 2.24) is 20.2 Å². The van der Waals surface area contributed by atoms with Gasteiger partial charge in [0, 0.05) is 36.6 Å². The van der Waals surface area contributed by atoms with Crippen LogP contribution in [0, 0.1) is 0 Å². The zero-order valence-electron chi connectivity index (χ0n) is 9.22. The van der Waals surface area contributed by atoms with Gasteiger partial charge in [-0.15, -0.1) is 11.8 Å². The Morgan fingerprint density at radius 3 is 3.31 bits per heavy atom. The zero-order chi connectivity index (χ0) is 11.4. The summed E-state index contributed by atoms with van der Waals surface area (Å²) >= 11 is 1.76. The Labute approximate surface area is 99.0 Å². The summed E-state index contributed by atoms with van der Waals surface area (Å²) in [5, 5.41) is 6.15. The molecule has 2 rings (SSSR count). The van der Waals surface area contributed by atoms with Crippen molar-refractivity contribution in [2.24, 2.45) is 0 Å². The van der Waals surface area contributed by atoms with Gasteiger partial charge in [0.1, 0.15) is 0 Å². The minimum atomic E-state index is -0.0322. The molecule has 1 fully saturated rings. The number of amides is 1. The molecule has 16 heavy (non-hydrogen) atoms. The van der Waals surface area contributed by atoms with Gasteiger partial charge in [-0.2, -0.15) is 0 Å². The van der Waals surface area contributed by atoms with E-state index < -0.39 is 0 Å². The minimum Gasteiger partial charge on any atom is -0.350 e. The number of carbonyl (C=O) groups excluding carboxylic acids is 1. The molecule has 2 unspecified atom stereocenters. The Morgan fingerprint density at radius 1 is 1.81 bits per heavy atom. The van der Waals surface area contributed by atoms with Gasteiger partial charge in [-0.3, -0.25) is 10.1 Å². The van der Waals surface area contributed by atoms with Crippen LogP contribution in [-0.2, 0) is 11.3 Å². The summed E-state index contributed by atoms with van der Waals surface area (Å²) in [4.78, 5) is 15.7. The van der Waals surface area contributed by atoms with E-state index in [1.165, 1.54) is 0 Å². The molecule has 0 bridgehead atoms. The minimum absolute atomic E-state index is 0.0322. The molecule has 6 heteroatoms. The summed E-state index contributed by atoms with van der Waals surface area (Å²) in [6, 6.07) is 0.0873. The fourth-order valence-corrected chi connectivity index (χ4v) is 2.61. The van der Waals surface area contributed by atoms with E-state index >= 15 is 0 Å². The lowest BCUT2D eigenvalue weighted by Crippen LogP contribution is -2.46. The number of aromatic nitrogens is 2. The molecule has 1 aliphatic rings. The third-order valence-corrected chi connectivity index (χ3v) is 3.41. The lowest BCUT2D eigenvalue weighted by molar-refractivity contribution is -0.123. The van der Waals surface area contributed by atoms with Gasteiger partial charge >= 0.3 is 0 Å². The molecule has 0 radical (unpaired) electrons. The van der Waals surface area contributed by atoms with Gasteiger partial charge in [-0.05, 0) is 6.92 Å². The van der Waals surface area contributed by atoms with Crippen LogP contribution in [0.15, 0.2) is 18.7 Å². The van der Waals surface area contributed by atoms with Gasteiger partial charge in [0.25, 0.3) is 0 Å². The first-order valence-corrected chi connectivity index (χ1v) is 6.48. The molecular formula is C10H16N4OS. The first kappa shape index (κ1) is 11.5. The molecule has 1 aromatic rings. The molecule has 1 amide bonds. The van der Waals surface area contributed by atoms with E-state index in [9.17, 15) is 4.79 Å². The average molecular weight is 240 g/mol. The second-order valence-corrected chi connectivity index (χ2v) is 4.97. The smallest absolute Gasteiger partial charge is 0.238 e. The van der Waals surface area contributed by atoms with Crippen LogP contribution in [0.5, 0.6) is 0 Å². The highest BCUT2D eigenvalue weighted by molar-refractivity contribution is 7.99. The number of rotatable bonds is 4. The van der Waals surface area contributed by atoms with E-state index in [2.05, 4.69) is 15.6 Å². The molecule has 2 N–H and O–H groups in total. The lowest BCUT2D eigenvalue weighted by Gasteiger charge is -2.17. The molecule has 1 aromatic heterocycles. The van der Waals surface area contributed by atoms with Crippen LogP contribution in [0.3, 0.4) is 0 Å². The van der Waals surface area contributed by atoms with Crippen molar-refractivity contribution in [3.05, 3.63) is 18.7 Å². The number of hydrogen-bond acceptors (Lipinski definition) is 4. The quantitative estimate of drug-likeness (QED) is 0.781. The SMILES string of the molecule is CC(Cn1ccnc1)NC(=O)C1CSCN1. The van der Waals surface area contributed by atoms with Crippen molar-refractivity contribution in [2.45, 2.75) is 25.6 Å². The maximum atomic E-state index is 11.8. The number of nitrogens with one attached hydrogen (secondary N) is 2. The molecule has 0 spiro atoms. The predicted octanol–water partition coefficient (Wildman–Crippen LogP) is 0.0503. The third-order valence-electron chi connectivity index (χ3n) is 2.47. The Balaban J connectivity index is 1.78. The van der Waals surface area contributed by atoms with E-state index in [-0.39, 0.29) is 18.0 Å². The summed E-state index contributed by atoms with van der Waals surface area (Å²) in [6.45, 7) is 2.76. The molecule has 2 heterocycles. The molecule has 5 nitrogen and oxygen atoms in total. The van der Waals surface area contributed by atoms with Crippen molar-refractivity contribution < 1.29 is 4.79 Å². The molecule has 1 saturated heterocycles. The fraction of sp³-hybridized carbons (Fsp3) is 0.600. The molecule has 2 atom stereocenters. The van der Waals surface area contributed by atoms with E-state index in [4.69, 9.17) is 0 Å². The molecule has 0 aliphatic carbocycles. The van der Waals surface area contributed by atoms with Gasteiger partial charge in [0.15, 0.2) is 0 Å². The number of imidazole rings is 1. The van der Waals surface area contributed by atoms with Crippen LogP contribution in [0.4, 0.5) is 0 Å². The zero-order valence-corrected chi connectivity index (χ0v) is 10.0. The van der Waals surface area contributed by atoms with Gasteiger partial charge in [0.05, 0.1) is 12.4 Å². The van der Waals surface area contributed by atoms with Crippen LogP contribution in [0.25, 0.3) is 0 Å². The highest BCUT2D eigenvalue weighted by Crippen LogP contribution is 2.09. The predicted molar refractivity (Wildman–Crippen MR) is 64.1 cm³/mol.